The van der Waals surface area contributed by atoms with Crippen LogP contribution in [0, 0.1) is 5.92 Å². The van der Waals surface area contributed by atoms with Gasteiger partial charge in [-0.15, -0.1) is 0 Å². The molecule has 1 amide bonds. The molecule has 0 radical (unpaired) electrons. The minimum absolute atomic E-state index is 0.0710. The summed E-state index contributed by atoms with van der Waals surface area (Å²) in [7, 11) is 1.23. The van der Waals surface area contributed by atoms with E-state index in [9.17, 15) is 14.4 Å². The number of benzene rings is 1. The molecule has 1 aliphatic heterocycles. The lowest BCUT2D eigenvalue weighted by molar-refractivity contribution is -0.143. The highest BCUT2D eigenvalue weighted by Gasteiger charge is 2.47. The van der Waals surface area contributed by atoms with Crippen LogP contribution in [0.4, 0.5) is 4.79 Å². The number of methoxy groups -OCH3 is 1. The third-order valence-electron chi connectivity index (χ3n) is 3.77. The average Bonchev–Trinajstić information content (AvgIpc) is 2.57. The molecule has 0 bridgehead atoms. The van der Waals surface area contributed by atoms with Crippen molar-refractivity contribution in [2.45, 2.75) is 25.7 Å². The molecular formula is C17H19NO6. The zero-order valence-corrected chi connectivity index (χ0v) is 13.5. The van der Waals surface area contributed by atoms with E-state index in [1.54, 1.807) is 6.92 Å². The van der Waals surface area contributed by atoms with Crippen LogP contribution in [0.3, 0.4) is 0 Å². The number of β-lactam (4-membered cyclic amide) rings is 1. The quantitative estimate of drug-likeness (QED) is 0.483. The van der Waals surface area contributed by atoms with Crippen LogP contribution in [0.5, 0.6) is 0 Å². The van der Waals surface area contributed by atoms with Gasteiger partial charge in [0.2, 0.25) is 5.91 Å². The number of ether oxygens (including phenoxy) is 3. The van der Waals surface area contributed by atoms with Crippen molar-refractivity contribution in [2.75, 3.05) is 7.11 Å². The molecule has 1 aromatic rings. The normalized spacial score (nSPS) is 20.2. The summed E-state index contributed by atoms with van der Waals surface area (Å²) in [5, 5.41) is 2.55. The van der Waals surface area contributed by atoms with Crippen molar-refractivity contribution in [3.8, 4) is 0 Å². The molecule has 3 atom stereocenters. The fraction of sp³-hybridized carbons (Fsp3) is 0.353. The van der Waals surface area contributed by atoms with Crippen LogP contribution in [-0.2, 0) is 30.4 Å². The van der Waals surface area contributed by atoms with Gasteiger partial charge in [-0.1, -0.05) is 36.9 Å². The number of carbonyl (C=O) groups excluding carboxylic acids is 3. The lowest BCUT2D eigenvalue weighted by atomic mass is 9.82. The molecule has 1 N–H and O–H groups in total. The van der Waals surface area contributed by atoms with E-state index in [4.69, 9.17) is 9.47 Å². The first kappa shape index (κ1) is 17.5. The van der Waals surface area contributed by atoms with Crippen molar-refractivity contribution < 1.29 is 28.6 Å². The SMILES string of the molecule is C=C(C(=O)OC)[C@H]1NC(=O)[C@@H]1[C@@H](C)OC(=O)OCc1ccccc1. The minimum atomic E-state index is -0.881. The van der Waals surface area contributed by atoms with Crippen LogP contribution in [0.1, 0.15) is 12.5 Å². The number of carbonyl (C=O) groups is 3. The lowest BCUT2D eigenvalue weighted by Gasteiger charge is -2.39. The molecule has 0 spiro atoms. The predicted octanol–water partition coefficient (Wildman–Crippen LogP) is 1.57. The summed E-state index contributed by atoms with van der Waals surface area (Å²) in [6, 6.07) is 8.51. The summed E-state index contributed by atoms with van der Waals surface area (Å²) in [5.74, 6) is -1.65. The van der Waals surface area contributed by atoms with Crippen molar-refractivity contribution in [3.05, 3.63) is 48.0 Å². The number of amides is 1. The van der Waals surface area contributed by atoms with Crippen molar-refractivity contribution in [1.82, 2.24) is 5.32 Å². The maximum absolute atomic E-state index is 11.8. The van der Waals surface area contributed by atoms with Gasteiger partial charge in [0.05, 0.1) is 24.6 Å². The molecule has 24 heavy (non-hydrogen) atoms. The summed E-state index contributed by atoms with van der Waals surface area (Å²) in [5.41, 5.74) is 0.927. The van der Waals surface area contributed by atoms with Gasteiger partial charge in [0.25, 0.3) is 0 Å². The second kappa shape index (κ2) is 7.63. The maximum Gasteiger partial charge on any atom is 0.508 e. The summed E-state index contributed by atoms with van der Waals surface area (Å²) >= 11 is 0. The molecule has 0 saturated carbocycles. The Hall–Kier alpha value is -2.83. The van der Waals surface area contributed by atoms with Crippen molar-refractivity contribution in [3.63, 3.8) is 0 Å². The first-order valence-electron chi connectivity index (χ1n) is 7.39. The van der Waals surface area contributed by atoms with E-state index in [0.29, 0.717) is 0 Å². The highest BCUT2D eigenvalue weighted by Crippen LogP contribution is 2.27. The molecule has 0 aromatic heterocycles. The Kier molecular flexibility index (Phi) is 5.57. The number of hydrogen-bond acceptors (Lipinski definition) is 6. The lowest BCUT2D eigenvalue weighted by Crippen LogP contribution is -2.63. The first-order valence-corrected chi connectivity index (χ1v) is 7.39. The van der Waals surface area contributed by atoms with Gasteiger partial charge in [-0.2, -0.15) is 0 Å². The second-order valence-electron chi connectivity index (χ2n) is 5.38. The summed E-state index contributed by atoms with van der Waals surface area (Å²) in [6.45, 7) is 5.24. The van der Waals surface area contributed by atoms with Gasteiger partial charge in [0, 0.05) is 0 Å². The molecule has 1 fully saturated rings. The van der Waals surface area contributed by atoms with E-state index < -0.39 is 30.2 Å². The number of nitrogens with one attached hydrogen (secondary N) is 1. The summed E-state index contributed by atoms with van der Waals surface area (Å²) < 4.78 is 14.7. The van der Waals surface area contributed by atoms with Crippen molar-refractivity contribution in [1.29, 1.82) is 0 Å². The Labute approximate surface area is 139 Å². The van der Waals surface area contributed by atoms with Crippen LogP contribution in [0.15, 0.2) is 42.5 Å². The highest BCUT2D eigenvalue weighted by molar-refractivity contribution is 5.96. The van der Waals surface area contributed by atoms with E-state index in [-0.39, 0.29) is 18.1 Å². The van der Waals surface area contributed by atoms with Gasteiger partial charge in [-0.05, 0) is 12.5 Å². The molecular weight excluding hydrogens is 314 g/mol. The van der Waals surface area contributed by atoms with Gasteiger partial charge in [-0.3, -0.25) is 4.79 Å². The molecule has 7 nitrogen and oxygen atoms in total. The van der Waals surface area contributed by atoms with E-state index >= 15 is 0 Å². The third-order valence-corrected chi connectivity index (χ3v) is 3.77. The van der Waals surface area contributed by atoms with Gasteiger partial charge >= 0.3 is 12.1 Å². The molecule has 0 unspecified atom stereocenters. The Morgan fingerprint density at radius 2 is 1.96 bits per heavy atom. The molecule has 1 heterocycles. The smallest absolute Gasteiger partial charge is 0.466 e. The Morgan fingerprint density at radius 1 is 1.29 bits per heavy atom. The zero-order valence-electron chi connectivity index (χ0n) is 13.5. The maximum atomic E-state index is 11.8. The average molecular weight is 333 g/mol. The Morgan fingerprint density at radius 3 is 2.54 bits per heavy atom. The Bertz CT molecular complexity index is 642. The molecule has 1 saturated heterocycles. The van der Waals surface area contributed by atoms with E-state index in [2.05, 4.69) is 16.6 Å². The largest absolute Gasteiger partial charge is 0.508 e. The minimum Gasteiger partial charge on any atom is -0.466 e. The van der Waals surface area contributed by atoms with Gasteiger partial charge < -0.3 is 19.5 Å². The molecule has 1 aliphatic rings. The fourth-order valence-corrected chi connectivity index (χ4v) is 2.42. The van der Waals surface area contributed by atoms with Crippen molar-refractivity contribution in [2.24, 2.45) is 5.92 Å². The molecule has 7 heteroatoms. The predicted molar refractivity (Wildman–Crippen MR) is 83.8 cm³/mol. The summed E-state index contributed by atoms with van der Waals surface area (Å²) in [6.07, 6.45) is -1.65. The first-order chi connectivity index (χ1) is 11.4. The number of rotatable bonds is 6. The standard InChI is InChI=1S/C17H19NO6/c1-10(16(20)22-3)14-13(15(19)18-14)11(2)24-17(21)23-9-12-7-5-4-6-8-12/h4-8,11,13-14H,1,9H2,2-3H3,(H,18,19)/t11-,13-,14-/m1/s1. The zero-order chi connectivity index (χ0) is 17.7. The monoisotopic (exact) mass is 333 g/mol. The van der Waals surface area contributed by atoms with E-state index in [0.717, 1.165) is 5.56 Å². The van der Waals surface area contributed by atoms with Crippen LogP contribution in [-0.4, -0.2) is 37.3 Å². The highest BCUT2D eigenvalue weighted by atomic mass is 16.7. The number of hydrogen-bond donors (Lipinski definition) is 1. The molecule has 2 rings (SSSR count). The van der Waals surface area contributed by atoms with Crippen LogP contribution >= 0.6 is 0 Å². The van der Waals surface area contributed by atoms with Crippen LogP contribution < -0.4 is 5.32 Å². The molecule has 0 aliphatic carbocycles. The van der Waals surface area contributed by atoms with Gasteiger partial charge in [0.1, 0.15) is 12.7 Å². The Balaban J connectivity index is 1.87. The molecule has 128 valence electrons. The van der Waals surface area contributed by atoms with E-state index in [1.807, 2.05) is 30.3 Å². The topological polar surface area (TPSA) is 90.9 Å². The second-order valence-corrected chi connectivity index (χ2v) is 5.38. The van der Waals surface area contributed by atoms with Crippen LogP contribution in [0.2, 0.25) is 0 Å². The fourth-order valence-electron chi connectivity index (χ4n) is 2.42. The van der Waals surface area contributed by atoms with Gasteiger partial charge in [-0.25, -0.2) is 9.59 Å². The van der Waals surface area contributed by atoms with Crippen molar-refractivity contribution >= 4 is 18.0 Å². The number of esters is 1. The molecule has 1 aromatic carbocycles. The summed E-state index contributed by atoms with van der Waals surface area (Å²) in [4.78, 5) is 35.0. The van der Waals surface area contributed by atoms with Gasteiger partial charge in [0.15, 0.2) is 0 Å². The van der Waals surface area contributed by atoms with E-state index in [1.165, 1.54) is 7.11 Å². The third kappa shape index (κ3) is 3.92. The van der Waals surface area contributed by atoms with Crippen LogP contribution in [0.25, 0.3) is 0 Å².